The Kier molecular flexibility index (Phi) is 4.92. The van der Waals surface area contributed by atoms with Gasteiger partial charge in [0.25, 0.3) is 0 Å². The Hall–Kier alpha value is -4.16. The fourth-order valence-electron chi connectivity index (χ4n) is 3.33. The predicted octanol–water partition coefficient (Wildman–Crippen LogP) is 5.41. The molecule has 0 radical (unpaired) electrons. The highest BCUT2D eigenvalue weighted by molar-refractivity contribution is 6.05. The summed E-state index contributed by atoms with van der Waals surface area (Å²) in [6, 6.07) is 32.6. The highest BCUT2D eigenvalue weighted by atomic mass is 16.3. The lowest BCUT2D eigenvalue weighted by Crippen LogP contribution is -1.97. The molecule has 4 aromatic rings. The van der Waals surface area contributed by atoms with Gasteiger partial charge in [0, 0.05) is 11.1 Å². The maximum absolute atomic E-state index is 10.6. The zero-order valence-electron chi connectivity index (χ0n) is 15.5. The molecule has 0 heterocycles. The summed E-state index contributed by atoms with van der Waals surface area (Å²) >= 11 is 0. The van der Waals surface area contributed by atoms with E-state index in [1.807, 2.05) is 54.6 Å². The third kappa shape index (κ3) is 3.78. The fourth-order valence-corrected chi connectivity index (χ4v) is 3.33. The normalized spacial score (nSPS) is 10.2. The lowest BCUT2D eigenvalue weighted by atomic mass is 9.85. The van der Waals surface area contributed by atoms with E-state index in [-0.39, 0.29) is 17.2 Å². The smallest absolute Gasteiger partial charge is 0.175 e. The van der Waals surface area contributed by atoms with Crippen LogP contribution in [0.15, 0.2) is 91.0 Å². The zero-order chi connectivity index (χ0) is 20.2. The van der Waals surface area contributed by atoms with Gasteiger partial charge in [-0.05, 0) is 64.7 Å². The summed E-state index contributed by atoms with van der Waals surface area (Å²) < 4.78 is 0. The van der Waals surface area contributed by atoms with Crippen LogP contribution in [0.25, 0.3) is 11.1 Å². The third-order valence-electron chi connectivity index (χ3n) is 4.67. The molecule has 4 aromatic carbocycles. The molecule has 0 saturated heterocycles. The first-order chi connectivity index (χ1) is 14.1. The van der Waals surface area contributed by atoms with Gasteiger partial charge in [-0.25, -0.2) is 0 Å². The number of phenols is 2. The Bertz CT molecular complexity index is 1100. The van der Waals surface area contributed by atoms with Crippen LogP contribution < -0.4 is 0 Å². The summed E-state index contributed by atoms with van der Waals surface area (Å²) in [5.74, 6) is 0.345. The maximum atomic E-state index is 10.6. The van der Waals surface area contributed by atoms with Crippen molar-refractivity contribution in [1.82, 2.24) is 0 Å². The molecule has 140 valence electrons. The molecular weight excluding hydrogens is 360 g/mol. The Morgan fingerprint density at radius 3 is 1.59 bits per heavy atom. The Morgan fingerprint density at radius 1 is 0.552 bits per heavy atom. The van der Waals surface area contributed by atoms with Crippen molar-refractivity contribution in [1.29, 1.82) is 0 Å². The van der Waals surface area contributed by atoms with Gasteiger partial charge < -0.3 is 15.3 Å². The summed E-state index contributed by atoms with van der Waals surface area (Å²) in [4.78, 5) is 0. The average molecular weight is 378 g/mol. The van der Waals surface area contributed by atoms with Gasteiger partial charge in [-0.15, -0.1) is 0 Å². The topological polar surface area (TPSA) is 60.7 Å². The number of rotatable bonds is 4. The number of benzene rings is 3. The third-order valence-corrected chi connectivity index (χ3v) is 4.67. The summed E-state index contributed by atoms with van der Waals surface area (Å²) in [6.45, 7) is 0. The molecule has 0 spiro atoms. The van der Waals surface area contributed by atoms with Crippen molar-refractivity contribution in [2.24, 2.45) is 0 Å². The van der Waals surface area contributed by atoms with Crippen molar-refractivity contribution in [3.05, 3.63) is 125 Å². The van der Waals surface area contributed by atoms with E-state index in [1.54, 1.807) is 36.4 Å². The molecule has 0 aliphatic rings. The second-order valence-electron chi connectivity index (χ2n) is 6.57. The molecule has 0 fully saturated rings. The number of phenolic OH excluding ortho intramolecular Hbond substituents is 2. The lowest BCUT2D eigenvalue weighted by molar-refractivity contribution is 0.473. The summed E-state index contributed by atoms with van der Waals surface area (Å²) in [5, 5.41) is 30.1. The van der Waals surface area contributed by atoms with E-state index >= 15 is 0 Å². The number of hydrogen-bond acceptors (Lipinski definition) is 3. The molecule has 3 nitrogen and oxygen atoms in total. The van der Waals surface area contributed by atoms with E-state index in [1.165, 1.54) is 0 Å². The molecule has 3 heteroatoms. The molecule has 0 amide bonds. The van der Waals surface area contributed by atoms with Crippen LogP contribution >= 0.6 is 0 Å². The van der Waals surface area contributed by atoms with Crippen LogP contribution in [0.3, 0.4) is 0 Å². The minimum absolute atomic E-state index is 0.00131. The SMILES string of the molecule is Oc1ccc(C(=C(c2ccccc2)c2ccc#cc2O)c2ccc(O)cc2)cc1. The average Bonchev–Trinajstić information content (AvgIpc) is 2.75. The van der Waals surface area contributed by atoms with Crippen molar-refractivity contribution in [3.63, 3.8) is 0 Å². The summed E-state index contributed by atoms with van der Waals surface area (Å²) in [5.41, 5.74) is 4.92. The van der Waals surface area contributed by atoms with Crippen LogP contribution in [0.4, 0.5) is 0 Å². The Morgan fingerprint density at radius 2 is 1.07 bits per heavy atom. The highest BCUT2D eigenvalue weighted by Crippen LogP contribution is 2.39. The van der Waals surface area contributed by atoms with E-state index < -0.39 is 0 Å². The minimum atomic E-state index is 0.00131. The van der Waals surface area contributed by atoms with Gasteiger partial charge in [0.1, 0.15) is 11.5 Å². The molecule has 0 saturated carbocycles. The standard InChI is InChI=1S/C26H18O3/c27-21-14-10-19(11-15-21)25(20-12-16-22(28)17-13-20)26(18-6-2-1-3-7-18)23-8-4-5-9-24(23)29/h1-4,6-8,10-17,27-29H. The molecule has 3 N–H and O–H groups in total. The van der Waals surface area contributed by atoms with Crippen molar-refractivity contribution in [3.8, 4) is 17.2 Å². The second kappa shape index (κ2) is 7.84. The molecule has 0 unspecified atom stereocenters. The van der Waals surface area contributed by atoms with Gasteiger partial charge in [0.15, 0.2) is 5.75 Å². The first kappa shape index (κ1) is 18.2. The van der Waals surface area contributed by atoms with Gasteiger partial charge in [-0.2, -0.15) is 0 Å². The first-order valence-electron chi connectivity index (χ1n) is 9.13. The predicted molar refractivity (Wildman–Crippen MR) is 113 cm³/mol. The maximum Gasteiger partial charge on any atom is 0.175 e. The first-order valence-corrected chi connectivity index (χ1v) is 9.13. The molecule has 4 rings (SSSR count). The van der Waals surface area contributed by atoms with Crippen molar-refractivity contribution >= 4 is 11.1 Å². The Labute approximate surface area is 169 Å². The van der Waals surface area contributed by atoms with Crippen LogP contribution in [0.1, 0.15) is 22.3 Å². The van der Waals surface area contributed by atoms with Crippen LogP contribution in [0.5, 0.6) is 17.2 Å². The van der Waals surface area contributed by atoms with Crippen molar-refractivity contribution in [2.45, 2.75) is 0 Å². The largest absolute Gasteiger partial charge is 0.508 e. The van der Waals surface area contributed by atoms with E-state index in [4.69, 9.17) is 0 Å². The van der Waals surface area contributed by atoms with Gasteiger partial charge in [0.2, 0.25) is 0 Å². The zero-order valence-corrected chi connectivity index (χ0v) is 15.5. The molecule has 0 aliphatic heterocycles. The fraction of sp³-hybridized carbons (Fsp3) is 0. The monoisotopic (exact) mass is 378 g/mol. The van der Waals surface area contributed by atoms with Crippen LogP contribution in [0.2, 0.25) is 0 Å². The van der Waals surface area contributed by atoms with E-state index in [0.717, 1.165) is 27.8 Å². The van der Waals surface area contributed by atoms with Crippen LogP contribution in [-0.2, 0) is 0 Å². The van der Waals surface area contributed by atoms with Crippen LogP contribution in [0, 0.1) is 12.1 Å². The van der Waals surface area contributed by atoms with Gasteiger partial charge in [-0.1, -0.05) is 60.7 Å². The van der Waals surface area contributed by atoms with Gasteiger partial charge in [-0.3, -0.25) is 0 Å². The summed E-state index contributed by atoms with van der Waals surface area (Å²) in [7, 11) is 0. The minimum Gasteiger partial charge on any atom is -0.508 e. The Balaban J connectivity index is 2.11. The lowest BCUT2D eigenvalue weighted by Gasteiger charge is -2.18. The molecule has 29 heavy (non-hydrogen) atoms. The summed E-state index contributed by atoms with van der Waals surface area (Å²) in [6.07, 6.45) is 0. The molecule has 0 bridgehead atoms. The van der Waals surface area contributed by atoms with Crippen LogP contribution in [-0.4, -0.2) is 15.3 Å². The van der Waals surface area contributed by atoms with E-state index in [2.05, 4.69) is 12.1 Å². The van der Waals surface area contributed by atoms with E-state index in [0.29, 0.717) is 5.56 Å². The van der Waals surface area contributed by atoms with Gasteiger partial charge in [0.05, 0.1) is 0 Å². The molecule has 0 aromatic heterocycles. The molecule has 0 aliphatic carbocycles. The second-order valence-corrected chi connectivity index (χ2v) is 6.57. The number of hydrogen-bond donors (Lipinski definition) is 3. The molecular formula is C26H18O3. The highest BCUT2D eigenvalue weighted by Gasteiger charge is 2.18. The molecule has 0 atom stereocenters. The van der Waals surface area contributed by atoms with Gasteiger partial charge >= 0.3 is 0 Å². The number of aromatic hydroxyl groups is 3. The van der Waals surface area contributed by atoms with Crippen molar-refractivity contribution < 1.29 is 15.3 Å². The van der Waals surface area contributed by atoms with E-state index in [9.17, 15) is 15.3 Å². The van der Waals surface area contributed by atoms with Crippen molar-refractivity contribution in [2.75, 3.05) is 0 Å². The quantitative estimate of drug-likeness (QED) is 0.416.